The first-order chi connectivity index (χ1) is 16.7. The quantitative estimate of drug-likeness (QED) is 0.580. The molecule has 12 heteroatoms. The second-order valence-electron chi connectivity index (χ2n) is 9.33. The van der Waals surface area contributed by atoms with Crippen molar-refractivity contribution in [3.05, 3.63) is 24.0 Å². The van der Waals surface area contributed by atoms with Crippen molar-refractivity contribution < 1.29 is 17.5 Å². The van der Waals surface area contributed by atoms with Gasteiger partial charge in [0.1, 0.15) is 9.84 Å². The van der Waals surface area contributed by atoms with E-state index in [9.17, 15) is 12.8 Å². The van der Waals surface area contributed by atoms with E-state index in [4.69, 9.17) is 4.74 Å². The highest BCUT2D eigenvalue weighted by Crippen LogP contribution is 2.26. The molecule has 2 N–H and O–H groups in total. The molecule has 2 saturated heterocycles. The number of nitrogens with zero attached hydrogens (tertiary/aromatic N) is 5. The molecule has 192 valence electrons. The number of ether oxygens (including phenoxy) is 1. The Labute approximate surface area is 206 Å². The Morgan fingerprint density at radius 2 is 1.83 bits per heavy atom. The van der Waals surface area contributed by atoms with E-state index in [1.54, 1.807) is 6.07 Å². The molecule has 0 amide bonds. The number of aromatic nitrogens is 3. The highest BCUT2D eigenvalue weighted by molar-refractivity contribution is 7.91. The molecule has 2 aliphatic heterocycles. The van der Waals surface area contributed by atoms with Gasteiger partial charge in [0.05, 0.1) is 18.6 Å². The maximum absolute atomic E-state index is 14.2. The summed E-state index contributed by atoms with van der Waals surface area (Å²) in [7, 11) is 2.50. The van der Waals surface area contributed by atoms with Crippen LogP contribution in [0.4, 0.5) is 27.9 Å². The lowest BCUT2D eigenvalue weighted by molar-refractivity contribution is 0.252. The molecule has 0 saturated carbocycles. The first kappa shape index (κ1) is 25.4. The van der Waals surface area contributed by atoms with E-state index in [0.717, 1.165) is 32.4 Å². The van der Waals surface area contributed by atoms with Crippen molar-refractivity contribution in [2.75, 3.05) is 61.3 Å². The molecular formula is C23H34FN7O3S. The smallest absolute Gasteiger partial charge is 0.233 e. The molecule has 4 rings (SSSR count). The molecule has 35 heavy (non-hydrogen) atoms. The third kappa shape index (κ3) is 6.69. The number of hydrogen-bond donors (Lipinski definition) is 2. The van der Waals surface area contributed by atoms with E-state index < -0.39 is 15.7 Å². The number of piperidine rings is 1. The second kappa shape index (κ2) is 10.9. The van der Waals surface area contributed by atoms with E-state index in [0.29, 0.717) is 30.4 Å². The van der Waals surface area contributed by atoms with Crippen molar-refractivity contribution in [2.45, 2.75) is 44.2 Å². The lowest BCUT2D eigenvalue weighted by Gasteiger charge is -2.35. The SMILES string of the molecule is COc1ccc(Nc2nc(NC3CCCS(=O)(=O)CC3)nc(N(C)C3CCN(C)CC3)n2)cc1F. The summed E-state index contributed by atoms with van der Waals surface area (Å²) in [6.45, 7) is 2.00. The van der Waals surface area contributed by atoms with Crippen molar-refractivity contribution >= 4 is 33.4 Å². The van der Waals surface area contributed by atoms with Crippen molar-refractivity contribution in [1.82, 2.24) is 19.9 Å². The van der Waals surface area contributed by atoms with Crippen molar-refractivity contribution in [2.24, 2.45) is 0 Å². The number of likely N-dealkylation sites (tertiary alicyclic amines) is 1. The van der Waals surface area contributed by atoms with E-state index in [2.05, 4.69) is 42.4 Å². The van der Waals surface area contributed by atoms with E-state index in [1.165, 1.54) is 19.2 Å². The fraction of sp³-hybridized carbons (Fsp3) is 0.609. The van der Waals surface area contributed by atoms with Gasteiger partial charge in [0, 0.05) is 30.9 Å². The van der Waals surface area contributed by atoms with Crippen LogP contribution in [-0.4, -0.2) is 86.2 Å². The lowest BCUT2D eigenvalue weighted by Crippen LogP contribution is -2.42. The molecule has 0 radical (unpaired) electrons. The normalized spacial score (nSPS) is 21.2. The summed E-state index contributed by atoms with van der Waals surface area (Å²) >= 11 is 0. The molecule has 1 unspecified atom stereocenters. The molecule has 2 aliphatic rings. The first-order valence-corrected chi connectivity index (χ1v) is 13.8. The number of methoxy groups -OCH3 is 1. The predicted octanol–water partition coefficient (Wildman–Crippen LogP) is 2.67. The van der Waals surface area contributed by atoms with Gasteiger partial charge in [-0.1, -0.05) is 0 Å². The van der Waals surface area contributed by atoms with Crippen LogP contribution in [0.2, 0.25) is 0 Å². The van der Waals surface area contributed by atoms with Gasteiger partial charge >= 0.3 is 0 Å². The number of halogens is 1. The van der Waals surface area contributed by atoms with Gasteiger partial charge in [0.2, 0.25) is 17.8 Å². The van der Waals surface area contributed by atoms with Gasteiger partial charge in [-0.2, -0.15) is 15.0 Å². The number of anilines is 4. The average molecular weight is 508 g/mol. The number of sulfone groups is 1. The van der Waals surface area contributed by atoms with Crippen molar-refractivity contribution in [1.29, 1.82) is 0 Å². The fourth-order valence-corrected chi connectivity index (χ4v) is 5.96. The van der Waals surface area contributed by atoms with Crippen molar-refractivity contribution in [3.8, 4) is 5.75 Å². The average Bonchev–Trinajstić information content (AvgIpc) is 2.99. The largest absolute Gasteiger partial charge is 0.494 e. The van der Waals surface area contributed by atoms with Gasteiger partial charge < -0.3 is 25.2 Å². The Hall–Kier alpha value is -2.73. The minimum Gasteiger partial charge on any atom is -0.494 e. The summed E-state index contributed by atoms with van der Waals surface area (Å²) < 4.78 is 43.3. The summed E-state index contributed by atoms with van der Waals surface area (Å²) in [6.07, 6.45) is 3.81. The van der Waals surface area contributed by atoms with Crippen LogP contribution in [0.5, 0.6) is 5.75 Å². The number of benzene rings is 1. The molecule has 0 bridgehead atoms. The zero-order chi connectivity index (χ0) is 25.0. The van der Waals surface area contributed by atoms with E-state index in [-0.39, 0.29) is 35.3 Å². The monoisotopic (exact) mass is 507 g/mol. The van der Waals surface area contributed by atoms with Gasteiger partial charge in [-0.05, 0) is 64.4 Å². The molecule has 1 aromatic heterocycles. The van der Waals surface area contributed by atoms with Gasteiger partial charge in [0.15, 0.2) is 11.6 Å². The molecule has 1 aromatic carbocycles. The van der Waals surface area contributed by atoms with Gasteiger partial charge in [-0.15, -0.1) is 0 Å². The minimum absolute atomic E-state index is 0.0533. The second-order valence-corrected chi connectivity index (χ2v) is 11.6. The zero-order valence-corrected chi connectivity index (χ0v) is 21.3. The standard InChI is InChI=1S/C23H34FN7O3S/c1-30-11-8-18(9-12-30)31(2)23-28-21(25-16-5-4-13-35(32,33)14-10-16)27-22(29-23)26-17-6-7-20(34-3)19(24)15-17/h6-7,15-16,18H,4-5,8-14H2,1-3H3,(H2,25,26,27,28,29). The van der Waals surface area contributed by atoms with E-state index in [1.807, 2.05) is 7.05 Å². The van der Waals surface area contributed by atoms with Crippen LogP contribution < -0.4 is 20.3 Å². The van der Waals surface area contributed by atoms with Crippen molar-refractivity contribution in [3.63, 3.8) is 0 Å². The van der Waals surface area contributed by atoms with Crippen LogP contribution in [0.25, 0.3) is 0 Å². The van der Waals surface area contributed by atoms with Crippen LogP contribution in [0, 0.1) is 5.82 Å². The predicted molar refractivity (Wildman–Crippen MR) is 135 cm³/mol. The summed E-state index contributed by atoms with van der Waals surface area (Å²) in [5.41, 5.74) is 0.480. The van der Waals surface area contributed by atoms with Gasteiger partial charge in [-0.25, -0.2) is 12.8 Å². The Morgan fingerprint density at radius 1 is 1.09 bits per heavy atom. The highest BCUT2D eigenvalue weighted by Gasteiger charge is 2.25. The molecule has 2 aromatic rings. The molecule has 1 atom stereocenters. The number of nitrogens with one attached hydrogen (secondary N) is 2. The van der Waals surface area contributed by atoms with Crippen LogP contribution in [0.15, 0.2) is 18.2 Å². The van der Waals surface area contributed by atoms with Gasteiger partial charge in [-0.3, -0.25) is 0 Å². The van der Waals surface area contributed by atoms with Crippen LogP contribution in [-0.2, 0) is 9.84 Å². The molecular weight excluding hydrogens is 473 g/mol. The number of rotatable bonds is 7. The molecule has 3 heterocycles. The van der Waals surface area contributed by atoms with Crippen LogP contribution in [0.1, 0.15) is 32.1 Å². The Kier molecular flexibility index (Phi) is 7.90. The maximum atomic E-state index is 14.2. The Bertz CT molecular complexity index is 1130. The fourth-order valence-electron chi connectivity index (χ4n) is 4.51. The third-order valence-electron chi connectivity index (χ3n) is 6.70. The Morgan fingerprint density at radius 3 is 2.54 bits per heavy atom. The molecule has 10 nitrogen and oxygen atoms in total. The zero-order valence-electron chi connectivity index (χ0n) is 20.5. The summed E-state index contributed by atoms with van der Waals surface area (Å²) in [5, 5.41) is 6.40. The molecule has 2 fully saturated rings. The Balaban J connectivity index is 1.59. The summed E-state index contributed by atoms with van der Waals surface area (Å²) in [4.78, 5) is 18.2. The maximum Gasteiger partial charge on any atom is 0.233 e. The van der Waals surface area contributed by atoms with Gasteiger partial charge in [0.25, 0.3) is 0 Å². The summed E-state index contributed by atoms with van der Waals surface area (Å²) in [5.74, 6) is 1.18. The van der Waals surface area contributed by atoms with E-state index >= 15 is 0 Å². The third-order valence-corrected chi connectivity index (χ3v) is 8.47. The lowest BCUT2D eigenvalue weighted by atomic mass is 10.0. The van der Waals surface area contributed by atoms with Crippen LogP contribution in [0.3, 0.4) is 0 Å². The molecule has 0 spiro atoms. The summed E-state index contributed by atoms with van der Waals surface area (Å²) in [6, 6.07) is 4.79. The molecule has 0 aliphatic carbocycles. The number of hydrogen-bond acceptors (Lipinski definition) is 10. The first-order valence-electron chi connectivity index (χ1n) is 12.0. The van der Waals surface area contributed by atoms with Crippen LogP contribution >= 0.6 is 0 Å². The minimum atomic E-state index is -3.01. The topological polar surface area (TPSA) is 113 Å². The highest BCUT2D eigenvalue weighted by atomic mass is 32.2.